The zero-order valence-electron chi connectivity index (χ0n) is 20.8. The predicted molar refractivity (Wildman–Crippen MR) is 126 cm³/mol. The number of aliphatic hydroxyl groups is 1. The molecule has 0 saturated heterocycles. The summed E-state index contributed by atoms with van der Waals surface area (Å²) in [6.45, 7) is 11.5. The van der Waals surface area contributed by atoms with Crippen molar-refractivity contribution >= 4 is 5.97 Å². The van der Waals surface area contributed by atoms with Gasteiger partial charge in [0.1, 0.15) is 0 Å². The van der Waals surface area contributed by atoms with E-state index in [2.05, 4.69) is 20.8 Å². The summed E-state index contributed by atoms with van der Waals surface area (Å²) in [6, 6.07) is 0. The Hall–Kier alpha value is -0.570. The number of fused-ring (bicyclic) bond motifs is 5. The molecule has 31 heavy (non-hydrogen) atoms. The van der Waals surface area contributed by atoms with E-state index >= 15 is 0 Å². The van der Waals surface area contributed by atoms with Crippen molar-refractivity contribution in [1.29, 1.82) is 0 Å². The summed E-state index contributed by atoms with van der Waals surface area (Å²) in [5, 5.41) is 20.7. The molecule has 0 heterocycles. The molecular formula is C28H48O3. The van der Waals surface area contributed by atoms with Gasteiger partial charge in [0.25, 0.3) is 0 Å². The third-order valence-electron chi connectivity index (χ3n) is 11.5. The average molecular weight is 433 g/mol. The fourth-order valence-electron chi connectivity index (χ4n) is 9.67. The number of rotatable bonds is 6. The number of aliphatic carboxylic acids is 1. The van der Waals surface area contributed by atoms with E-state index in [1.807, 2.05) is 13.8 Å². The first-order valence-corrected chi connectivity index (χ1v) is 13.5. The molecule has 0 spiro atoms. The molecule has 3 nitrogen and oxygen atoms in total. The third-order valence-corrected chi connectivity index (χ3v) is 11.5. The van der Waals surface area contributed by atoms with Gasteiger partial charge in [0.15, 0.2) is 0 Å². The lowest BCUT2D eigenvalue weighted by Gasteiger charge is -2.62. The highest BCUT2D eigenvalue weighted by molar-refractivity contribution is 5.70. The summed E-state index contributed by atoms with van der Waals surface area (Å²) in [4.78, 5) is 11.7. The van der Waals surface area contributed by atoms with Crippen molar-refractivity contribution in [3.8, 4) is 0 Å². The molecule has 10 atom stereocenters. The summed E-state index contributed by atoms with van der Waals surface area (Å²) >= 11 is 0. The van der Waals surface area contributed by atoms with Gasteiger partial charge in [0.2, 0.25) is 0 Å². The molecule has 0 aliphatic heterocycles. The van der Waals surface area contributed by atoms with E-state index in [9.17, 15) is 15.0 Å². The molecule has 0 aromatic carbocycles. The van der Waals surface area contributed by atoms with Crippen LogP contribution < -0.4 is 0 Å². The van der Waals surface area contributed by atoms with E-state index < -0.39 is 5.97 Å². The van der Waals surface area contributed by atoms with Crippen molar-refractivity contribution in [2.45, 2.75) is 111 Å². The Morgan fingerprint density at radius 3 is 2.35 bits per heavy atom. The smallest absolute Gasteiger partial charge is 0.306 e. The largest absolute Gasteiger partial charge is 0.481 e. The minimum absolute atomic E-state index is 0.0940. The van der Waals surface area contributed by atoms with Crippen LogP contribution >= 0.6 is 0 Å². The van der Waals surface area contributed by atoms with Gasteiger partial charge in [0, 0.05) is 0 Å². The lowest BCUT2D eigenvalue weighted by Crippen LogP contribution is -2.57. The van der Waals surface area contributed by atoms with Crippen LogP contribution in [0.2, 0.25) is 0 Å². The Bertz CT molecular complexity index is 659. The lowest BCUT2D eigenvalue weighted by molar-refractivity contribution is -0.164. The zero-order valence-corrected chi connectivity index (χ0v) is 20.8. The Kier molecular flexibility index (Phi) is 6.58. The quantitative estimate of drug-likeness (QED) is 0.486. The molecule has 4 aliphatic carbocycles. The molecule has 0 aromatic heterocycles. The summed E-state index contributed by atoms with van der Waals surface area (Å²) in [5.41, 5.74) is 0.568. The molecule has 3 heteroatoms. The van der Waals surface area contributed by atoms with E-state index in [4.69, 9.17) is 0 Å². The van der Waals surface area contributed by atoms with Gasteiger partial charge in [-0.1, -0.05) is 41.0 Å². The Morgan fingerprint density at radius 1 is 0.935 bits per heavy atom. The predicted octanol–water partition coefficient (Wildman–Crippen LogP) is 6.78. The number of hydrogen-bond acceptors (Lipinski definition) is 2. The van der Waals surface area contributed by atoms with Gasteiger partial charge in [-0.25, -0.2) is 0 Å². The third kappa shape index (κ3) is 3.79. The molecule has 4 fully saturated rings. The van der Waals surface area contributed by atoms with E-state index in [-0.39, 0.29) is 23.4 Å². The second kappa shape index (κ2) is 8.65. The van der Waals surface area contributed by atoms with Crippen LogP contribution in [-0.4, -0.2) is 22.3 Å². The van der Waals surface area contributed by atoms with Crippen LogP contribution in [0.25, 0.3) is 0 Å². The van der Waals surface area contributed by atoms with E-state index in [1.54, 1.807) is 0 Å². The maximum atomic E-state index is 11.7. The number of carboxylic acids is 1. The van der Waals surface area contributed by atoms with Crippen molar-refractivity contribution in [3.05, 3.63) is 0 Å². The van der Waals surface area contributed by atoms with Crippen LogP contribution in [0.3, 0.4) is 0 Å². The van der Waals surface area contributed by atoms with Gasteiger partial charge in [-0.3, -0.25) is 4.79 Å². The van der Waals surface area contributed by atoms with E-state index in [0.29, 0.717) is 17.3 Å². The van der Waals surface area contributed by atoms with Crippen LogP contribution in [0.15, 0.2) is 0 Å². The fourth-order valence-corrected chi connectivity index (χ4v) is 9.67. The number of hydrogen-bond donors (Lipinski definition) is 2. The molecule has 2 N–H and O–H groups in total. The van der Waals surface area contributed by atoms with Gasteiger partial charge < -0.3 is 10.2 Å². The van der Waals surface area contributed by atoms with Gasteiger partial charge >= 0.3 is 5.97 Å². The molecular weight excluding hydrogens is 384 g/mol. The van der Waals surface area contributed by atoms with Gasteiger partial charge in [0.05, 0.1) is 12.0 Å². The van der Waals surface area contributed by atoms with Crippen LogP contribution in [0.4, 0.5) is 0 Å². The molecule has 2 unspecified atom stereocenters. The standard InChI is InChI=1S/C28H48O3/c1-17(2)20(26(30)31)11-9-18(3)22-13-14-23-21-12-10-19-7-6-8-25(29)28(19,5)24(21)15-16-27(22,23)4/h17-25,29H,6-16H2,1-5H3,(H,30,31)/t18-,19-,20?,21+,22-,23+,24+,25?,27-,28+/m1/s1. The fraction of sp³-hybridized carbons (Fsp3) is 0.964. The lowest BCUT2D eigenvalue weighted by atomic mass is 9.44. The first-order chi connectivity index (χ1) is 14.6. The van der Waals surface area contributed by atoms with Gasteiger partial charge in [-0.05, 0) is 116 Å². The van der Waals surface area contributed by atoms with Gasteiger partial charge in [-0.2, -0.15) is 0 Å². The Balaban J connectivity index is 1.47. The normalized spacial score (nSPS) is 46.7. The molecule has 0 bridgehead atoms. The second-order valence-corrected chi connectivity index (χ2v) is 12.9. The molecule has 4 saturated carbocycles. The maximum Gasteiger partial charge on any atom is 0.306 e. The van der Waals surface area contributed by atoms with Crippen LogP contribution in [-0.2, 0) is 4.79 Å². The monoisotopic (exact) mass is 432 g/mol. The molecule has 0 radical (unpaired) electrons. The minimum atomic E-state index is -0.616. The number of carbonyl (C=O) groups is 1. The van der Waals surface area contributed by atoms with Crippen molar-refractivity contribution in [3.63, 3.8) is 0 Å². The summed E-state index contributed by atoms with van der Waals surface area (Å²) < 4.78 is 0. The highest BCUT2D eigenvalue weighted by atomic mass is 16.4. The average Bonchev–Trinajstić information content (AvgIpc) is 3.06. The van der Waals surface area contributed by atoms with Crippen molar-refractivity contribution in [2.24, 2.45) is 58.2 Å². The molecule has 4 rings (SSSR count). The van der Waals surface area contributed by atoms with E-state index in [1.165, 1.54) is 51.4 Å². The number of aliphatic hydroxyl groups excluding tert-OH is 1. The Morgan fingerprint density at radius 2 is 1.68 bits per heavy atom. The van der Waals surface area contributed by atoms with E-state index in [0.717, 1.165) is 42.9 Å². The first-order valence-electron chi connectivity index (χ1n) is 13.5. The highest BCUT2D eigenvalue weighted by Crippen LogP contribution is 2.68. The molecule has 0 aromatic rings. The Labute approximate surface area is 190 Å². The SMILES string of the molecule is CC(C)C(CC[C@@H](C)[C@H]1CC[C@H]2[C@@H]3CC[C@H]4CCCC(O)[C@]4(C)[C@H]3CC[C@]12C)C(=O)O. The molecule has 0 amide bonds. The summed E-state index contributed by atoms with van der Waals surface area (Å²) in [7, 11) is 0. The van der Waals surface area contributed by atoms with Crippen molar-refractivity contribution in [2.75, 3.05) is 0 Å². The minimum Gasteiger partial charge on any atom is -0.481 e. The summed E-state index contributed by atoms with van der Waals surface area (Å²) in [6.07, 6.45) is 13.4. The topological polar surface area (TPSA) is 57.5 Å². The van der Waals surface area contributed by atoms with Crippen LogP contribution in [0.5, 0.6) is 0 Å². The summed E-state index contributed by atoms with van der Waals surface area (Å²) in [5.74, 6) is 3.80. The van der Waals surface area contributed by atoms with Crippen LogP contribution in [0, 0.1) is 58.2 Å². The van der Waals surface area contributed by atoms with Gasteiger partial charge in [-0.15, -0.1) is 0 Å². The van der Waals surface area contributed by atoms with Crippen molar-refractivity contribution < 1.29 is 15.0 Å². The first kappa shape index (κ1) is 23.6. The molecule has 4 aliphatic rings. The van der Waals surface area contributed by atoms with Crippen LogP contribution in [0.1, 0.15) is 105 Å². The van der Waals surface area contributed by atoms with Crippen molar-refractivity contribution in [1.82, 2.24) is 0 Å². The maximum absolute atomic E-state index is 11.7. The molecule has 178 valence electrons. The number of carboxylic acid groups (broad SMARTS) is 1. The second-order valence-electron chi connectivity index (χ2n) is 12.9. The zero-order chi connectivity index (χ0) is 22.6. The highest BCUT2D eigenvalue weighted by Gasteiger charge is 2.61.